The fraction of sp³-hybridized carbons (Fsp3) is 1.00. The van der Waals surface area contributed by atoms with Gasteiger partial charge in [0, 0.05) is 24.8 Å². The van der Waals surface area contributed by atoms with Crippen molar-refractivity contribution in [1.29, 1.82) is 0 Å². The maximum absolute atomic E-state index is 9.53. The van der Waals surface area contributed by atoms with E-state index >= 15 is 0 Å². The van der Waals surface area contributed by atoms with Crippen molar-refractivity contribution in [3.05, 3.63) is 0 Å². The minimum Gasteiger partial charge on any atom is -0.394 e. The van der Waals surface area contributed by atoms with E-state index in [0.29, 0.717) is 6.04 Å². The molecule has 0 saturated carbocycles. The van der Waals surface area contributed by atoms with Gasteiger partial charge in [0.1, 0.15) is 0 Å². The second-order valence-corrected chi connectivity index (χ2v) is 5.72. The molecule has 4 heteroatoms. The minimum absolute atomic E-state index is 0.143. The van der Waals surface area contributed by atoms with E-state index < -0.39 is 0 Å². The average Bonchev–Trinajstić information content (AvgIpc) is 2.43. The Morgan fingerprint density at radius 3 is 2.61 bits per heavy atom. The normalized spacial score (nSPS) is 21.2. The number of hydrogen-bond acceptors (Lipinski definition) is 4. The molecule has 1 heterocycles. The smallest absolute Gasteiger partial charge is 0.0611 e. The highest BCUT2D eigenvalue weighted by molar-refractivity contribution is 4.84. The predicted octanol–water partition coefficient (Wildman–Crippen LogP) is 1.24. The first-order valence-corrected chi connectivity index (χ1v) is 7.25. The van der Waals surface area contributed by atoms with E-state index in [0.717, 1.165) is 52.0 Å². The molecule has 1 aliphatic heterocycles. The second-order valence-electron chi connectivity index (χ2n) is 5.72. The van der Waals surface area contributed by atoms with Gasteiger partial charge < -0.3 is 20.1 Å². The van der Waals surface area contributed by atoms with Gasteiger partial charge in [0.2, 0.25) is 0 Å². The first-order valence-electron chi connectivity index (χ1n) is 7.25. The van der Waals surface area contributed by atoms with Crippen LogP contribution in [0, 0.1) is 0 Å². The zero-order valence-corrected chi connectivity index (χ0v) is 12.2. The molecule has 0 spiro atoms. The van der Waals surface area contributed by atoms with E-state index in [1.165, 1.54) is 0 Å². The quantitative estimate of drug-likeness (QED) is 0.687. The molecule has 0 aromatic carbocycles. The molecule has 1 fully saturated rings. The van der Waals surface area contributed by atoms with Gasteiger partial charge in [-0.1, -0.05) is 6.92 Å². The van der Waals surface area contributed by atoms with Gasteiger partial charge in [-0.2, -0.15) is 0 Å². The average molecular weight is 258 g/mol. The van der Waals surface area contributed by atoms with Crippen molar-refractivity contribution >= 4 is 0 Å². The summed E-state index contributed by atoms with van der Waals surface area (Å²) < 4.78 is 5.39. The molecule has 0 amide bonds. The molecule has 0 aliphatic carbocycles. The Labute approximate surface area is 112 Å². The maximum Gasteiger partial charge on any atom is 0.0611 e. The lowest BCUT2D eigenvalue weighted by atomic mass is 9.97. The molecule has 1 saturated heterocycles. The van der Waals surface area contributed by atoms with Crippen LogP contribution in [0.1, 0.15) is 39.5 Å². The molecule has 0 aromatic rings. The van der Waals surface area contributed by atoms with E-state index in [9.17, 15) is 5.11 Å². The van der Waals surface area contributed by atoms with E-state index in [4.69, 9.17) is 4.74 Å². The summed E-state index contributed by atoms with van der Waals surface area (Å²) >= 11 is 0. The highest BCUT2D eigenvalue weighted by atomic mass is 16.5. The summed E-state index contributed by atoms with van der Waals surface area (Å²) in [5, 5.41) is 13.0. The summed E-state index contributed by atoms with van der Waals surface area (Å²) in [6, 6.07) is 0.646. The highest BCUT2D eigenvalue weighted by Gasteiger charge is 2.25. The molecule has 4 nitrogen and oxygen atoms in total. The third-order valence-corrected chi connectivity index (χ3v) is 3.98. The molecule has 0 aromatic heterocycles. The summed E-state index contributed by atoms with van der Waals surface area (Å²) in [5.41, 5.74) is -0.143. The Bertz CT molecular complexity index is 220. The molecule has 108 valence electrons. The third-order valence-electron chi connectivity index (χ3n) is 3.98. The first kappa shape index (κ1) is 15.9. The van der Waals surface area contributed by atoms with Crippen LogP contribution in [0.25, 0.3) is 0 Å². The summed E-state index contributed by atoms with van der Waals surface area (Å²) in [4.78, 5) is 2.42. The van der Waals surface area contributed by atoms with E-state index in [1.807, 2.05) is 0 Å². The molecule has 2 N–H and O–H groups in total. The largest absolute Gasteiger partial charge is 0.394 e. The van der Waals surface area contributed by atoms with Crippen LogP contribution < -0.4 is 5.32 Å². The molecule has 1 atom stereocenters. The van der Waals surface area contributed by atoms with Crippen LogP contribution >= 0.6 is 0 Å². The van der Waals surface area contributed by atoms with E-state index in [-0.39, 0.29) is 12.1 Å². The fourth-order valence-corrected chi connectivity index (χ4v) is 2.38. The van der Waals surface area contributed by atoms with Crippen molar-refractivity contribution in [1.82, 2.24) is 10.2 Å². The molecule has 0 bridgehead atoms. The molecule has 0 radical (unpaired) electrons. The van der Waals surface area contributed by atoms with Crippen molar-refractivity contribution in [2.45, 2.75) is 51.1 Å². The highest BCUT2D eigenvalue weighted by Crippen LogP contribution is 2.16. The number of nitrogens with zero attached hydrogens (tertiary/aromatic N) is 1. The number of rotatable bonds is 8. The van der Waals surface area contributed by atoms with Crippen molar-refractivity contribution in [3.63, 3.8) is 0 Å². The zero-order chi connectivity index (χ0) is 13.4. The molecular formula is C14H30N2O2. The topological polar surface area (TPSA) is 44.7 Å². The van der Waals surface area contributed by atoms with Crippen LogP contribution in [0.2, 0.25) is 0 Å². The molecule has 1 aliphatic rings. The Morgan fingerprint density at radius 1 is 1.39 bits per heavy atom. The van der Waals surface area contributed by atoms with E-state index in [2.05, 4.69) is 31.1 Å². The monoisotopic (exact) mass is 258 g/mol. The summed E-state index contributed by atoms with van der Waals surface area (Å²) in [6.07, 6.45) is 4.35. The maximum atomic E-state index is 9.53. The molecule has 1 rings (SSSR count). The van der Waals surface area contributed by atoms with Gasteiger partial charge in [0.25, 0.3) is 0 Å². The van der Waals surface area contributed by atoms with Crippen molar-refractivity contribution in [2.75, 3.05) is 40.0 Å². The van der Waals surface area contributed by atoms with Crippen LogP contribution in [0.15, 0.2) is 0 Å². The summed E-state index contributed by atoms with van der Waals surface area (Å²) in [6.45, 7) is 8.24. The van der Waals surface area contributed by atoms with Crippen LogP contribution in [-0.4, -0.2) is 61.5 Å². The fourth-order valence-electron chi connectivity index (χ4n) is 2.38. The van der Waals surface area contributed by atoms with Gasteiger partial charge in [0.15, 0.2) is 0 Å². The van der Waals surface area contributed by atoms with Crippen LogP contribution in [-0.2, 0) is 4.74 Å². The predicted molar refractivity (Wildman–Crippen MR) is 74.9 cm³/mol. The number of aliphatic hydroxyl groups is 1. The van der Waals surface area contributed by atoms with Crippen molar-refractivity contribution in [3.8, 4) is 0 Å². The Balaban J connectivity index is 2.31. The van der Waals surface area contributed by atoms with E-state index in [1.54, 1.807) is 0 Å². The molecule has 18 heavy (non-hydrogen) atoms. The first-order chi connectivity index (χ1) is 8.61. The van der Waals surface area contributed by atoms with Gasteiger partial charge in [-0.3, -0.25) is 0 Å². The SMILES string of the molecule is CCCNC(C)(CO)CCN(C)C1CCOCC1. The molecule has 1 unspecified atom stereocenters. The van der Waals surface area contributed by atoms with Gasteiger partial charge in [0.05, 0.1) is 6.61 Å². The van der Waals surface area contributed by atoms with Crippen LogP contribution in [0.5, 0.6) is 0 Å². The lowest BCUT2D eigenvalue weighted by molar-refractivity contribution is 0.0384. The van der Waals surface area contributed by atoms with Crippen LogP contribution in [0.4, 0.5) is 0 Å². The molecular weight excluding hydrogens is 228 g/mol. The van der Waals surface area contributed by atoms with Gasteiger partial charge in [-0.05, 0) is 52.7 Å². The number of aliphatic hydroxyl groups excluding tert-OH is 1. The van der Waals surface area contributed by atoms with Gasteiger partial charge in [-0.15, -0.1) is 0 Å². The standard InChI is InChI=1S/C14H30N2O2/c1-4-8-15-14(2,12-17)7-9-16(3)13-5-10-18-11-6-13/h13,15,17H,4-12H2,1-3H3. The Hall–Kier alpha value is -0.160. The number of nitrogens with one attached hydrogen (secondary N) is 1. The lowest BCUT2D eigenvalue weighted by Gasteiger charge is -2.35. The van der Waals surface area contributed by atoms with Crippen molar-refractivity contribution in [2.24, 2.45) is 0 Å². The number of hydrogen-bond donors (Lipinski definition) is 2. The van der Waals surface area contributed by atoms with Crippen LogP contribution in [0.3, 0.4) is 0 Å². The number of ether oxygens (including phenoxy) is 1. The summed E-state index contributed by atoms with van der Waals surface area (Å²) in [5.74, 6) is 0. The third kappa shape index (κ3) is 5.22. The Kier molecular flexibility index (Phi) is 7.15. The second kappa shape index (κ2) is 8.10. The van der Waals surface area contributed by atoms with Gasteiger partial charge >= 0.3 is 0 Å². The van der Waals surface area contributed by atoms with Gasteiger partial charge in [-0.25, -0.2) is 0 Å². The lowest BCUT2D eigenvalue weighted by Crippen LogP contribution is -2.49. The zero-order valence-electron chi connectivity index (χ0n) is 12.2. The summed E-state index contributed by atoms with van der Waals surface area (Å²) in [7, 11) is 2.19. The van der Waals surface area contributed by atoms with Crippen molar-refractivity contribution < 1.29 is 9.84 Å². The Morgan fingerprint density at radius 2 is 2.06 bits per heavy atom. The minimum atomic E-state index is -0.143.